The quantitative estimate of drug-likeness (QED) is 0.754. The summed E-state index contributed by atoms with van der Waals surface area (Å²) < 4.78 is 12.2. The molecule has 2 fully saturated rings. The molecular weight excluding hydrogens is 313 g/mol. The monoisotopic (exact) mass is 351 g/mol. The van der Waals surface area contributed by atoms with Crippen LogP contribution < -0.4 is 5.32 Å². The highest BCUT2D eigenvalue weighted by atomic mass is 16.7. The average Bonchev–Trinajstić information content (AvgIpc) is 2.63. The SMILES string of the molecule is CC(C)(C)NC(=O)[C@@]1(C)CCC[C@H](CCB2OC(C)(C)C(C)(C)O2)C1. The molecule has 5 heteroatoms. The van der Waals surface area contributed by atoms with Crippen molar-refractivity contribution < 1.29 is 14.1 Å². The summed E-state index contributed by atoms with van der Waals surface area (Å²) in [5.41, 5.74) is -0.932. The zero-order chi connectivity index (χ0) is 19.1. The summed E-state index contributed by atoms with van der Waals surface area (Å²) in [6.45, 7) is 16.7. The van der Waals surface area contributed by atoms with E-state index in [9.17, 15) is 4.79 Å². The van der Waals surface area contributed by atoms with Gasteiger partial charge in [0.25, 0.3) is 0 Å². The molecule has 25 heavy (non-hydrogen) atoms. The number of carbonyl (C=O) groups is 1. The van der Waals surface area contributed by atoms with Crippen LogP contribution in [0.1, 0.15) is 87.5 Å². The van der Waals surface area contributed by atoms with Crippen molar-refractivity contribution in [1.82, 2.24) is 5.32 Å². The Morgan fingerprint density at radius 1 is 1.12 bits per heavy atom. The maximum atomic E-state index is 12.8. The number of hydrogen-bond donors (Lipinski definition) is 1. The summed E-state index contributed by atoms with van der Waals surface area (Å²) in [6.07, 6.45) is 6.26. The molecule has 1 saturated carbocycles. The fraction of sp³-hybridized carbons (Fsp3) is 0.950. The van der Waals surface area contributed by atoms with Gasteiger partial charge in [0.05, 0.1) is 11.2 Å². The maximum Gasteiger partial charge on any atom is 0.457 e. The largest absolute Gasteiger partial charge is 0.457 e. The second-order valence-corrected chi connectivity index (χ2v) is 10.5. The van der Waals surface area contributed by atoms with Gasteiger partial charge >= 0.3 is 7.12 Å². The van der Waals surface area contributed by atoms with Crippen molar-refractivity contribution in [3.63, 3.8) is 0 Å². The van der Waals surface area contributed by atoms with E-state index in [4.69, 9.17) is 9.31 Å². The Balaban J connectivity index is 1.89. The van der Waals surface area contributed by atoms with E-state index in [2.05, 4.69) is 39.9 Å². The molecule has 1 aliphatic carbocycles. The predicted molar refractivity (Wildman–Crippen MR) is 103 cm³/mol. The fourth-order valence-electron chi connectivity index (χ4n) is 4.02. The fourth-order valence-corrected chi connectivity index (χ4v) is 4.02. The van der Waals surface area contributed by atoms with Crippen LogP contribution in [0.4, 0.5) is 0 Å². The van der Waals surface area contributed by atoms with Crippen LogP contribution in [0.5, 0.6) is 0 Å². The molecule has 0 aromatic carbocycles. The zero-order valence-corrected chi connectivity index (χ0v) is 17.6. The molecule has 4 nitrogen and oxygen atoms in total. The van der Waals surface area contributed by atoms with E-state index >= 15 is 0 Å². The first kappa shape index (κ1) is 20.8. The standard InChI is InChI=1S/C20H38BNO3/c1-17(2,3)22-16(23)20(8)12-9-10-15(14-20)11-13-21-24-18(4,5)19(6,7)25-21/h15H,9-14H2,1-8H3,(H,22,23)/t15-,20+/m1/s1. The molecule has 1 heterocycles. The van der Waals surface area contributed by atoms with Crippen LogP contribution in [0.25, 0.3) is 0 Å². The molecule has 0 spiro atoms. The third kappa shape index (κ3) is 5.00. The van der Waals surface area contributed by atoms with E-state index in [0.717, 1.165) is 32.0 Å². The van der Waals surface area contributed by atoms with E-state index < -0.39 is 0 Å². The summed E-state index contributed by atoms with van der Waals surface area (Å²) >= 11 is 0. The van der Waals surface area contributed by atoms with Crippen LogP contribution in [0.2, 0.25) is 6.32 Å². The second-order valence-electron chi connectivity index (χ2n) is 10.5. The Morgan fingerprint density at radius 2 is 1.68 bits per heavy atom. The van der Waals surface area contributed by atoms with Crippen molar-refractivity contribution in [3.8, 4) is 0 Å². The summed E-state index contributed by atoms with van der Waals surface area (Å²) in [5, 5.41) is 3.18. The van der Waals surface area contributed by atoms with E-state index in [1.165, 1.54) is 6.42 Å². The molecular formula is C20H38BNO3. The number of rotatable bonds is 4. The minimum absolute atomic E-state index is 0.124. The Morgan fingerprint density at radius 3 is 2.20 bits per heavy atom. The van der Waals surface area contributed by atoms with E-state index in [0.29, 0.717) is 5.92 Å². The highest BCUT2D eigenvalue weighted by Crippen LogP contribution is 2.43. The van der Waals surface area contributed by atoms with Gasteiger partial charge in [0.2, 0.25) is 5.91 Å². The molecule has 0 bridgehead atoms. The highest BCUT2D eigenvalue weighted by Gasteiger charge is 2.51. The first-order valence-corrected chi connectivity index (χ1v) is 9.92. The molecule has 0 aromatic heterocycles. The summed E-state index contributed by atoms with van der Waals surface area (Å²) in [5.74, 6) is 0.781. The molecule has 0 radical (unpaired) electrons. The van der Waals surface area contributed by atoms with Crippen LogP contribution in [0.3, 0.4) is 0 Å². The average molecular weight is 351 g/mol. The van der Waals surface area contributed by atoms with Crippen LogP contribution in [0.15, 0.2) is 0 Å². The molecule has 2 aliphatic rings. The molecule has 1 amide bonds. The third-order valence-electron chi connectivity index (χ3n) is 6.23. The summed E-state index contributed by atoms with van der Waals surface area (Å²) in [4.78, 5) is 12.8. The van der Waals surface area contributed by atoms with Crippen LogP contribution in [0, 0.1) is 11.3 Å². The van der Waals surface area contributed by atoms with Crippen LogP contribution >= 0.6 is 0 Å². The van der Waals surface area contributed by atoms with E-state index in [1.54, 1.807) is 0 Å². The molecule has 1 N–H and O–H groups in total. The van der Waals surface area contributed by atoms with Gasteiger partial charge in [-0.2, -0.15) is 0 Å². The molecule has 0 aromatic rings. The lowest BCUT2D eigenvalue weighted by atomic mass is 9.67. The van der Waals surface area contributed by atoms with Crippen molar-refractivity contribution in [2.45, 2.75) is 111 Å². The Kier molecular flexibility index (Phi) is 5.72. The minimum Gasteiger partial charge on any atom is -0.403 e. The van der Waals surface area contributed by atoms with E-state index in [-0.39, 0.29) is 35.2 Å². The van der Waals surface area contributed by atoms with Crippen molar-refractivity contribution in [2.24, 2.45) is 11.3 Å². The summed E-state index contributed by atoms with van der Waals surface area (Å²) in [7, 11) is -0.124. The van der Waals surface area contributed by atoms with Gasteiger partial charge in [-0.05, 0) is 73.5 Å². The molecule has 1 aliphatic heterocycles. The first-order valence-electron chi connectivity index (χ1n) is 9.92. The molecule has 2 rings (SSSR count). The van der Waals surface area contributed by atoms with Gasteiger partial charge in [-0.1, -0.05) is 26.2 Å². The van der Waals surface area contributed by atoms with Gasteiger partial charge in [0.15, 0.2) is 0 Å². The van der Waals surface area contributed by atoms with Gasteiger partial charge in [-0.3, -0.25) is 4.79 Å². The number of carbonyl (C=O) groups excluding carboxylic acids is 1. The van der Waals surface area contributed by atoms with Gasteiger partial charge in [0.1, 0.15) is 0 Å². The van der Waals surface area contributed by atoms with Gasteiger partial charge in [-0.25, -0.2) is 0 Å². The molecule has 2 atom stereocenters. The Labute approximate surface area is 154 Å². The smallest absolute Gasteiger partial charge is 0.403 e. The van der Waals surface area contributed by atoms with E-state index in [1.807, 2.05) is 20.8 Å². The maximum absolute atomic E-state index is 12.8. The Bertz CT molecular complexity index is 482. The number of hydrogen-bond acceptors (Lipinski definition) is 3. The second kappa shape index (κ2) is 6.88. The van der Waals surface area contributed by atoms with Crippen LogP contribution in [-0.4, -0.2) is 29.8 Å². The van der Waals surface area contributed by atoms with Crippen LogP contribution in [-0.2, 0) is 14.1 Å². The zero-order valence-electron chi connectivity index (χ0n) is 17.6. The van der Waals surface area contributed by atoms with Crippen molar-refractivity contribution >= 4 is 13.0 Å². The van der Waals surface area contributed by atoms with Gasteiger partial charge < -0.3 is 14.6 Å². The van der Waals surface area contributed by atoms with Crippen molar-refractivity contribution in [1.29, 1.82) is 0 Å². The predicted octanol–water partition coefficient (Wildman–Crippen LogP) is 4.58. The topological polar surface area (TPSA) is 47.6 Å². The normalized spacial score (nSPS) is 31.8. The van der Waals surface area contributed by atoms with Crippen molar-refractivity contribution in [3.05, 3.63) is 0 Å². The summed E-state index contributed by atoms with van der Waals surface area (Å²) in [6, 6.07) is 0. The van der Waals surface area contributed by atoms with Gasteiger partial charge in [-0.15, -0.1) is 0 Å². The number of nitrogens with one attached hydrogen (secondary N) is 1. The van der Waals surface area contributed by atoms with Gasteiger partial charge in [0, 0.05) is 11.0 Å². The third-order valence-corrected chi connectivity index (χ3v) is 6.23. The number of amides is 1. The Hall–Kier alpha value is -0.545. The molecule has 0 unspecified atom stereocenters. The molecule has 144 valence electrons. The lowest BCUT2D eigenvalue weighted by molar-refractivity contribution is -0.134. The lowest BCUT2D eigenvalue weighted by Crippen LogP contribution is -2.49. The highest BCUT2D eigenvalue weighted by molar-refractivity contribution is 6.45. The first-order chi connectivity index (χ1) is 11.2. The lowest BCUT2D eigenvalue weighted by Gasteiger charge is -2.39. The van der Waals surface area contributed by atoms with Crippen molar-refractivity contribution in [2.75, 3.05) is 0 Å². The molecule has 1 saturated heterocycles. The minimum atomic E-state index is -0.259.